The van der Waals surface area contributed by atoms with E-state index in [1.54, 1.807) is 30.5 Å². The Bertz CT molecular complexity index is 674. The number of aromatic nitrogens is 1. The molecule has 0 aliphatic carbocycles. The highest BCUT2D eigenvalue weighted by atomic mass is 35.5. The molecule has 0 aliphatic heterocycles. The van der Waals surface area contributed by atoms with E-state index >= 15 is 0 Å². The lowest BCUT2D eigenvalue weighted by atomic mass is 10.2. The van der Waals surface area contributed by atoms with Gasteiger partial charge in [0.2, 0.25) is 0 Å². The van der Waals surface area contributed by atoms with E-state index in [1.165, 1.54) is 13.3 Å². The van der Waals surface area contributed by atoms with Crippen molar-refractivity contribution in [3.8, 4) is 5.75 Å². The van der Waals surface area contributed by atoms with Gasteiger partial charge in [0.1, 0.15) is 5.75 Å². The zero-order chi connectivity index (χ0) is 16.1. The van der Waals surface area contributed by atoms with Gasteiger partial charge in [-0.2, -0.15) is 0 Å². The van der Waals surface area contributed by atoms with Gasteiger partial charge in [-0.15, -0.1) is 0 Å². The number of halogens is 1. The van der Waals surface area contributed by atoms with E-state index in [1.807, 2.05) is 13.8 Å². The lowest BCUT2D eigenvalue weighted by molar-refractivity contribution is 0.102. The first kappa shape index (κ1) is 16.1. The molecule has 1 amide bonds. The Balaban J connectivity index is 2.20. The van der Waals surface area contributed by atoms with Crippen LogP contribution in [-0.2, 0) is 0 Å². The summed E-state index contributed by atoms with van der Waals surface area (Å²) in [6.07, 6.45) is 3.19. The van der Waals surface area contributed by atoms with Crippen LogP contribution >= 0.6 is 11.6 Å². The predicted molar refractivity (Wildman–Crippen MR) is 89.0 cm³/mol. The number of hydrogen-bond donors (Lipinski definition) is 2. The van der Waals surface area contributed by atoms with Crippen LogP contribution in [0.5, 0.6) is 5.75 Å². The highest BCUT2D eigenvalue weighted by molar-refractivity contribution is 6.31. The Morgan fingerprint density at radius 1 is 1.27 bits per heavy atom. The van der Waals surface area contributed by atoms with Crippen molar-refractivity contribution in [1.82, 2.24) is 4.98 Å². The number of pyridine rings is 1. The molecule has 0 bridgehead atoms. The zero-order valence-electron chi connectivity index (χ0n) is 12.7. The molecule has 0 fully saturated rings. The second-order valence-electron chi connectivity index (χ2n) is 5.06. The SMILES string of the molecule is COc1ccc(Cl)cc1NC(=O)c1cncc(NC(C)C)c1. The van der Waals surface area contributed by atoms with Crippen molar-refractivity contribution in [2.45, 2.75) is 19.9 Å². The fourth-order valence-corrected chi connectivity index (χ4v) is 2.12. The van der Waals surface area contributed by atoms with E-state index in [0.29, 0.717) is 22.0 Å². The molecule has 0 unspecified atom stereocenters. The van der Waals surface area contributed by atoms with Crippen LogP contribution in [0.1, 0.15) is 24.2 Å². The fraction of sp³-hybridized carbons (Fsp3) is 0.250. The third-order valence-corrected chi connectivity index (χ3v) is 3.10. The third kappa shape index (κ3) is 4.11. The van der Waals surface area contributed by atoms with Crippen molar-refractivity contribution in [1.29, 1.82) is 0 Å². The molecule has 0 saturated carbocycles. The van der Waals surface area contributed by atoms with E-state index < -0.39 is 0 Å². The number of amides is 1. The Kier molecular flexibility index (Phi) is 5.22. The van der Waals surface area contributed by atoms with Crippen LogP contribution in [0.3, 0.4) is 0 Å². The van der Waals surface area contributed by atoms with Crippen LogP contribution in [-0.4, -0.2) is 24.0 Å². The van der Waals surface area contributed by atoms with E-state index in [0.717, 1.165) is 5.69 Å². The average molecular weight is 320 g/mol. The first-order valence-corrected chi connectivity index (χ1v) is 7.24. The monoisotopic (exact) mass is 319 g/mol. The normalized spacial score (nSPS) is 10.4. The average Bonchev–Trinajstić information content (AvgIpc) is 2.47. The van der Waals surface area contributed by atoms with Crippen LogP contribution in [0, 0.1) is 0 Å². The van der Waals surface area contributed by atoms with Crippen LogP contribution in [0.4, 0.5) is 11.4 Å². The molecule has 0 aliphatic rings. The number of hydrogen-bond acceptors (Lipinski definition) is 4. The van der Waals surface area contributed by atoms with Crippen molar-refractivity contribution >= 4 is 28.9 Å². The maximum Gasteiger partial charge on any atom is 0.257 e. The largest absolute Gasteiger partial charge is 0.495 e. The first-order valence-electron chi connectivity index (χ1n) is 6.86. The molecule has 1 heterocycles. The molecule has 0 saturated heterocycles. The van der Waals surface area contributed by atoms with Crippen molar-refractivity contribution < 1.29 is 9.53 Å². The predicted octanol–water partition coefficient (Wildman–Crippen LogP) is 3.82. The summed E-state index contributed by atoms with van der Waals surface area (Å²) in [4.78, 5) is 16.4. The molecule has 1 aromatic carbocycles. The van der Waals surface area contributed by atoms with Crippen LogP contribution in [0.25, 0.3) is 0 Å². The summed E-state index contributed by atoms with van der Waals surface area (Å²) in [5.74, 6) is 0.266. The summed E-state index contributed by atoms with van der Waals surface area (Å²) in [7, 11) is 1.54. The minimum Gasteiger partial charge on any atom is -0.495 e. The van der Waals surface area contributed by atoms with Gasteiger partial charge in [-0.05, 0) is 38.1 Å². The standard InChI is InChI=1S/C16H18ClN3O2/c1-10(2)19-13-6-11(8-18-9-13)16(21)20-14-7-12(17)4-5-15(14)22-3/h4-10,19H,1-3H3,(H,20,21). The smallest absolute Gasteiger partial charge is 0.257 e. The van der Waals surface area contributed by atoms with Gasteiger partial charge in [0.25, 0.3) is 5.91 Å². The number of anilines is 2. The zero-order valence-corrected chi connectivity index (χ0v) is 13.4. The van der Waals surface area contributed by atoms with Gasteiger partial charge in [0.15, 0.2) is 0 Å². The van der Waals surface area contributed by atoms with Crippen molar-refractivity contribution in [3.05, 3.63) is 47.2 Å². The highest BCUT2D eigenvalue weighted by Gasteiger charge is 2.11. The molecule has 5 nitrogen and oxygen atoms in total. The van der Waals surface area contributed by atoms with Gasteiger partial charge in [-0.25, -0.2) is 0 Å². The Labute approximate surface area is 134 Å². The second-order valence-corrected chi connectivity index (χ2v) is 5.50. The molecule has 2 aromatic rings. The maximum absolute atomic E-state index is 12.4. The van der Waals surface area contributed by atoms with Crippen LogP contribution in [0.2, 0.25) is 5.02 Å². The molecular weight excluding hydrogens is 302 g/mol. The second kappa shape index (κ2) is 7.13. The minimum atomic E-state index is -0.277. The number of nitrogens with one attached hydrogen (secondary N) is 2. The lowest BCUT2D eigenvalue weighted by Crippen LogP contribution is -2.15. The van der Waals surface area contributed by atoms with Crippen LogP contribution in [0.15, 0.2) is 36.7 Å². The highest BCUT2D eigenvalue weighted by Crippen LogP contribution is 2.28. The number of ether oxygens (including phenoxy) is 1. The lowest BCUT2D eigenvalue weighted by Gasteiger charge is -2.12. The Morgan fingerprint density at radius 2 is 2.05 bits per heavy atom. The molecule has 22 heavy (non-hydrogen) atoms. The topological polar surface area (TPSA) is 63.2 Å². The van der Waals surface area contributed by atoms with Crippen molar-refractivity contribution in [3.63, 3.8) is 0 Å². The quantitative estimate of drug-likeness (QED) is 0.879. The van der Waals surface area contributed by atoms with E-state index in [4.69, 9.17) is 16.3 Å². The van der Waals surface area contributed by atoms with Gasteiger partial charge in [0, 0.05) is 23.5 Å². The van der Waals surface area contributed by atoms with Gasteiger partial charge >= 0.3 is 0 Å². The number of rotatable bonds is 5. The van der Waals surface area contributed by atoms with Crippen molar-refractivity contribution in [2.75, 3.05) is 17.7 Å². The minimum absolute atomic E-state index is 0.258. The van der Waals surface area contributed by atoms with Gasteiger partial charge < -0.3 is 15.4 Å². The van der Waals surface area contributed by atoms with E-state index in [-0.39, 0.29) is 11.9 Å². The molecule has 116 valence electrons. The van der Waals surface area contributed by atoms with Crippen molar-refractivity contribution in [2.24, 2.45) is 0 Å². The number of nitrogens with zero attached hydrogens (tertiary/aromatic N) is 1. The number of carbonyl (C=O) groups excluding carboxylic acids is 1. The molecule has 0 atom stereocenters. The van der Waals surface area contributed by atoms with Gasteiger partial charge in [-0.1, -0.05) is 11.6 Å². The molecule has 6 heteroatoms. The number of carbonyl (C=O) groups is 1. The van der Waals surface area contributed by atoms with E-state index in [9.17, 15) is 4.79 Å². The van der Waals surface area contributed by atoms with Gasteiger partial charge in [0.05, 0.1) is 24.0 Å². The summed E-state index contributed by atoms with van der Waals surface area (Å²) < 4.78 is 5.21. The van der Waals surface area contributed by atoms with Gasteiger partial charge in [-0.3, -0.25) is 9.78 Å². The Morgan fingerprint density at radius 3 is 2.73 bits per heavy atom. The van der Waals surface area contributed by atoms with E-state index in [2.05, 4.69) is 15.6 Å². The molecule has 2 rings (SSSR count). The fourth-order valence-electron chi connectivity index (χ4n) is 1.95. The number of methoxy groups -OCH3 is 1. The van der Waals surface area contributed by atoms with Crippen LogP contribution < -0.4 is 15.4 Å². The number of benzene rings is 1. The third-order valence-electron chi connectivity index (χ3n) is 2.87. The summed E-state index contributed by atoms with van der Waals surface area (Å²) in [5.41, 5.74) is 1.76. The molecular formula is C16H18ClN3O2. The summed E-state index contributed by atoms with van der Waals surface area (Å²) in [6, 6.07) is 7.05. The summed E-state index contributed by atoms with van der Waals surface area (Å²) in [5, 5.41) is 6.51. The summed E-state index contributed by atoms with van der Waals surface area (Å²) >= 11 is 5.96. The summed E-state index contributed by atoms with van der Waals surface area (Å²) in [6.45, 7) is 4.03. The first-order chi connectivity index (χ1) is 10.5. The molecule has 0 radical (unpaired) electrons. The molecule has 2 N–H and O–H groups in total. The molecule has 1 aromatic heterocycles. The maximum atomic E-state index is 12.4. The Hall–Kier alpha value is -2.27. The molecule has 0 spiro atoms.